The first kappa shape index (κ1) is 11.3. The van der Waals surface area contributed by atoms with Gasteiger partial charge in [0.05, 0.1) is 5.41 Å². The second kappa shape index (κ2) is 5.00. The molecule has 0 aliphatic carbocycles. The van der Waals surface area contributed by atoms with Gasteiger partial charge in [0.25, 0.3) is 0 Å². The fraction of sp³-hybridized carbons (Fsp3) is 0.857. The zero-order valence-electron chi connectivity index (χ0n) is 6.87. The Kier molecular flexibility index (Phi) is 4.70. The van der Waals surface area contributed by atoms with Gasteiger partial charge in [-0.15, -0.1) is 0 Å². The third-order valence-electron chi connectivity index (χ3n) is 1.66. The quantitative estimate of drug-likeness (QED) is 0.677. The molecule has 0 radical (unpaired) electrons. The molecule has 72 valence electrons. The summed E-state index contributed by atoms with van der Waals surface area (Å²) >= 11 is 0. The van der Waals surface area contributed by atoms with Crippen LogP contribution in [0.1, 0.15) is 6.42 Å². The molecule has 5 heteroatoms. The van der Waals surface area contributed by atoms with Gasteiger partial charge in [-0.1, -0.05) is 0 Å². The molecule has 0 aromatic heterocycles. The number of alkyl halides is 3. The van der Waals surface area contributed by atoms with Crippen molar-refractivity contribution in [1.82, 2.24) is 5.32 Å². The molecule has 0 bridgehead atoms. The molecule has 0 fully saturated rings. The molecule has 0 unspecified atom stereocenters. The fourth-order valence-electron chi connectivity index (χ4n) is 0.678. The lowest BCUT2D eigenvalue weighted by Gasteiger charge is -2.22. The number of carbonyl (C=O) groups is 1. The third-order valence-corrected chi connectivity index (χ3v) is 1.66. The number of halogens is 3. The number of hydrogen-bond donors (Lipinski definition) is 1. The zero-order chi connectivity index (χ0) is 9.61. The summed E-state index contributed by atoms with van der Waals surface area (Å²) in [5, 5.41) is 2.18. The van der Waals surface area contributed by atoms with Crippen molar-refractivity contribution in [3.05, 3.63) is 0 Å². The van der Waals surface area contributed by atoms with E-state index in [2.05, 4.69) is 5.32 Å². The van der Waals surface area contributed by atoms with Crippen molar-refractivity contribution in [2.75, 3.05) is 27.1 Å². The minimum absolute atomic E-state index is 0.451. The molecule has 0 aromatic carbocycles. The fourth-order valence-corrected chi connectivity index (χ4v) is 0.678. The highest BCUT2D eigenvalue weighted by atomic mass is 19.1. The minimum atomic E-state index is -1.76. The highest BCUT2D eigenvalue weighted by Crippen LogP contribution is 2.24. The van der Waals surface area contributed by atoms with Crippen LogP contribution >= 0.6 is 0 Å². The van der Waals surface area contributed by atoms with Gasteiger partial charge in [-0.3, -0.25) is 18.0 Å². The molecule has 12 heavy (non-hydrogen) atoms. The van der Waals surface area contributed by atoms with Gasteiger partial charge in [-0.25, -0.2) is 0 Å². The number of rotatable bonds is 5. The van der Waals surface area contributed by atoms with Crippen LogP contribution in [-0.4, -0.2) is 33.0 Å². The number of hydrogen-bond acceptors (Lipinski definition) is 1. The van der Waals surface area contributed by atoms with E-state index in [1.165, 1.54) is 7.05 Å². The van der Waals surface area contributed by atoms with Crippen molar-refractivity contribution in [1.29, 1.82) is 0 Å². The molecule has 0 aliphatic heterocycles. The second-order valence-electron chi connectivity index (χ2n) is 2.75. The number of nitrogens with one attached hydrogen (secondary N) is 1. The average Bonchev–Trinajstić information content (AvgIpc) is 2.14. The molecule has 0 atom stereocenters. The predicted octanol–water partition coefficient (Wildman–Crippen LogP) is 1.02. The molecule has 0 heterocycles. The van der Waals surface area contributed by atoms with Gasteiger partial charge >= 0.3 is 0 Å². The van der Waals surface area contributed by atoms with E-state index in [1.54, 1.807) is 0 Å². The Morgan fingerprint density at radius 2 is 1.67 bits per heavy atom. The molecule has 0 rings (SSSR count). The van der Waals surface area contributed by atoms with Crippen LogP contribution in [0.5, 0.6) is 0 Å². The summed E-state index contributed by atoms with van der Waals surface area (Å²) in [6.07, 6.45) is -0.451. The molecule has 0 aromatic rings. The zero-order valence-corrected chi connectivity index (χ0v) is 6.87. The molecular formula is C7H12F3NO. The Labute approximate surface area is 69.1 Å². The van der Waals surface area contributed by atoms with Crippen molar-refractivity contribution >= 4 is 5.91 Å². The van der Waals surface area contributed by atoms with Crippen molar-refractivity contribution in [3.8, 4) is 0 Å². The van der Waals surface area contributed by atoms with Gasteiger partial charge in [0.2, 0.25) is 5.91 Å². The summed E-state index contributed by atoms with van der Waals surface area (Å²) in [7, 11) is 1.34. The van der Waals surface area contributed by atoms with Crippen LogP contribution in [0.15, 0.2) is 0 Å². The SMILES string of the molecule is CNC(=O)CC(CF)(CF)CF. The standard InChI is InChI=1S/C7H12F3NO/c1-11-6(12)2-7(3-8,4-9)5-10/h2-5H2,1H3,(H,11,12). The first-order valence-corrected chi connectivity index (χ1v) is 3.52. The first-order valence-electron chi connectivity index (χ1n) is 3.52. The Morgan fingerprint density at radius 1 is 1.25 bits per heavy atom. The summed E-state index contributed by atoms with van der Waals surface area (Å²) in [4.78, 5) is 10.7. The van der Waals surface area contributed by atoms with Crippen LogP contribution in [0, 0.1) is 5.41 Å². The van der Waals surface area contributed by atoms with E-state index in [0.717, 1.165) is 0 Å². The summed E-state index contributed by atoms with van der Waals surface area (Å²) in [5.74, 6) is -0.553. The topological polar surface area (TPSA) is 29.1 Å². The van der Waals surface area contributed by atoms with Crippen molar-refractivity contribution < 1.29 is 18.0 Å². The van der Waals surface area contributed by atoms with E-state index in [9.17, 15) is 18.0 Å². The van der Waals surface area contributed by atoms with E-state index >= 15 is 0 Å². The molecule has 0 spiro atoms. The van der Waals surface area contributed by atoms with Gasteiger partial charge in [-0.2, -0.15) is 0 Å². The summed E-state index contributed by atoms with van der Waals surface area (Å²) in [6.45, 7) is -3.48. The molecule has 1 N–H and O–H groups in total. The summed E-state index contributed by atoms with van der Waals surface area (Å²) in [6, 6.07) is 0. The summed E-state index contributed by atoms with van der Waals surface area (Å²) < 4.78 is 36.5. The van der Waals surface area contributed by atoms with Crippen LogP contribution in [0.2, 0.25) is 0 Å². The molecule has 0 aliphatic rings. The van der Waals surface area contributed by atoms with Crippen molar-refractivity contribution in [3.63, 3.8) is 0 Å². The Hall–Kier alpha value is -0.740. The molecule has 0 saturated heterocycles. The van der Waals surface area contributed by atoms with Crippen LogP contribution < -0.4 is 5.32 Å². The lowest BCUT2D eigenvalue weighted by atomic mass is 9.89. The lowest BCUT2D eigenvalue weighted by molar-refractivity contribution is -0.124. The maximum absolute atomic E-state index is 12.2. The molecule has 1 amide bonds. The van der Waals surface area contributed by atoms with E-state index in [-0.39, 0.29) is 0 Å². The van der Waals surface area contributed by atoms with Crippen molar-refractivity contribution in [2.45, 2.75) is 6.42 Å². The minimum Gasteiger partial charge on any atom is -0.359 e. The Bertz CT molecular complexity index is 139. The highest BCUT2D eigenvalue weighted by molar-refractivity contribution is 5.76. The molecule has 0 saturated carbocycles. The molecular weight excluding hydrogens is 171 g/mol. The maximum Gasteiger partial charge on any atom is 0.220 e. The number of carbonyl (C=O) groups excluding carboxylic acids is 1. The third kappa shape index (κ3) is 2.71. The van der Waals surface area contributed by atoms with Gasteiger partial charge in [0.1, 0.15) is 20.0 Å². The lowest BCUT2D eigenvalue weighted by Crippen LogP contribution is -2.35. The van der Waals surface area contributed by atoms with Crippen LogP contribution in [0.4, 0.5) is 13.2 Å². The molecule has 2 nitrogen and oxygen atoms in total. The Morgan fingerprint density at radius 3 is 1.92 bits per heavy atom. The van der Waals surface area contributed by atoms with Crippen molar-refractivity contribution in [2.24, 2.45) is 5.41 Å². The Balaban J connectivity index is 4.19. The van der Waals surface area contributed by atoms with E-state index < -0.39 is 37.8 Å². The average molecular weight is 183 g/mol. The van der Waals surface area contributed by atoms with Crippen LogP contribution in [0.25, 0.3) is 0 Å². The van der Waals surface area contributed by atoms with E-state index in [1.807, 2.05) is 0 Å². The van der Waals surface area contributed by atoms with Crippen LogP contribution in [-0.2, 0) is 4.79 Å². The highest BCUT2D eigenvalue weighted by Gasteiger charge is 2.33. The smallest absolute Gasteiger partial charge is 0.220 e. The first-order chi connectivity index (χ1) is 5.64. The van der Waals surface area contributed by atoms with E-state index in [0.29, 0.717) is 0 Å². The normalized spacial score (nSPS) is 11.3. The van der Waals surface area contributed by atoms with Gasteiger partial charge in [-0.05, 0) is 0 Å². The van der Waals surface area contributed by atoms with Gasteiger partial charge < -0.3 is 5.32 Å². The van der Waals surface area contributed by atoms with Crippen LogP contribution in [0.3, 0.4) is 0 Å². The largest absolute Gasteiger partial charge is 0.359 e. The van der Waals surface area contributed by atoms with E-state index in [4.69, 9.17) is 0 Å². The maximum atomic E-state index is 12.2. The monoisotopic (exact) mass is 183 g/mol. The second-order valence-corrected chi connectivity index (χ2v) is 2.75. The summed E-state index contributed by atoms with van der Waals surface area (Å²) in [5.41, 5.74) is -1.76. The van der Waals surface area contributed by atoms with Gasteiger partial charge in [0.15, 0.2) is 0 Å². The predicted molar refractivity (Wildman–Crippen MR) is 39.0 cm³/mol. The number of amides is 1. The van der Waals surface area contributed by atoms with Gasteiger partial charge in [0, 0.05) is 13.5 Å².